The van der Waals surface area contributed by atoms with Gasteiger partial charge in [-0.05, 0) is 51.5 Å². The predicted molar refractivity (Wildman–Crippen MR) is 130 cm³/mol. The average Bonchev–Trinajstić information content (AvgIpc) is 3.24. The van der Waals surface area contributed by atoms with E-state index in [0.717, 1.165) is 25.7 Å². The third kappa shape index (κ3) is 10.0. The molecule has 9 heteroatoms. The largest absolute Gasteiger partial charge is 0.444 e. The van der Waals surface area contributed by atoms with E-state index in [1.54, 1.807) is 33.0 Å². The summed E-state index contributed by atoms with van der Waals surface area (Å²) in [6.07, 6.45) is 5.63. The van der Waals surface area contributed by atoms with Crippen LogP contribution in [0.25, 0.3) is 0 Å². The molecular weight excluding hydrogens is 436 g/mol. The molecule has 194 valence electrons. The van der Waals surface area contributed by atoms with E-state index in [-0.39, 0.29) is 12.3 Å². The Morgan fingerprint density at radius 1 is 1.18 bits per heavy atom. The molecule has 1 heterocycles. The van der Waals surface area contributed by atoms with Crippen LogP contribution in [-0.2, 0) is 16.0 Å². The summed E-state index contributed by atoms with van der Waals surface area (Å²) in [5, 5.41) is 33.9. The number of aliphatic hydroxyl groups excluding tert-OH is 2. The third-order valence-electron chi connectivity index (χ3n) is 6.15. The van der Waals surface area contributed by atoms with Crippen LogP contribution in [-0.4, -0.2) is 62.3 Å². The van der Waals surface area contributed by atoms with Crippen LogP contribution in [0.4, 0.5) is 4.79 Å². The third-order valence-corrected chi connectivity index (χ3v) is 6.15. The number of carbonyl (C=O) groups excluding carboxylic acids is 2. The molecule has 0 aromatic carbocycles. The second-order valence-corrected chi connectivity index (χ2v) is 11.0. The van der Waals surface area contributed by atoms with Crippen molar-refractivity contribution in [1.82, 2.24) is 20.8 Å². The van der Waals surface area contributed by atoms with Gasteiger partial charge in [-0.1, -0.05) is 46.0 Å². The number of hydrogen-bond acceptors (Lipinski definition) is 6. The average molecular weight is 481 g/mol. The predicted octanol–water partition coefficient (Wildman–Crippen LogP) is 3.07. The molecule has 0 unspecified atom stereocenters. The van der Waals surface area contributed by atoms with Gasteiger partial charge in [0.15, 0.2) is 0 Å². The van der Waals surface area contributed by atoms with Crippen LogP contribution in [0, 0.1) is 11.8 Å². The lowest BCUT2D eigenvalue weighted by Crippen LogP contribution is -2.56. The molecule has 1 aliphatic carbocycles. The van der Waals surface area contributed by atoms with Gasteiger partial charge < -0.3 is 25.6 Å². The lowest BCUT2D eigenvalue weighted by atomic mass is 9.82. The van der Waals surface area contributed by atoms with Crippen molar-refractivity contribution in [3.63, 3.8) is 0 Å². The molecule has 0 saturated heterocycles. The van der Waals surface area contributed by atoms with Crippen molar-refractivity contribution in [3.05, 3.63) is 18.0 Å². The molecule has 2 rings (SSSR count). The van der Waals surface area contributed by atoms with Gasteiger partial charge >= 0.3 is 6.09 Å². The van der Waals surface area contributed by atoms with Gasteiger partial charge in [-0.25, -0.2) is 4.79 Å². The van der Waals surface area contributed by atoms with Gasteiger partial charge in [-0.2, -0.15) is 5.10 Å². The highest BCUT2D eigenvalue weighted by Crippen LogP contribution is 2.29. The number of aromatic amines is 1. The summed E-state index contributed by atoms with van der Waals surface area (Å²) in [4.78, 5) is 25.8. The van der Waals surface area contributed by atoms with Crippen LogP contribution in [0.15, 0.2) is 12.3 Å². The number of nitrogens with one attached hydrogen (secondary N) is 3. The number of alkyl carbamates (subject to hydrolysis) is 1. The van der Waals surface area contributed by atoms with Crippen molar-refractivity contribution in [3.8, 4) is 0 Å². The molecule has 1 saturated carbocycles. The molecule has 4 atom stereocenters. The molecule has 0 bridgehead atoms. The van der Waals surface area contributed by atoms with E-state index in [1.807, 2.05) is 13.8 Å². The number of aromatic nitrogens is 2. The monoisotopic (exact) mass is 480 g/mol. The van der Waals surface area contributed by atoms with Gasteiger partial charge in [-0.3, -0.25) is 9.89 Å². The van der Waals surface area contributed by atoms with Crippen molar-refractivity contribution in [2.75, 3.05) is 0 Å². The lowest BCUT2D eigenvalue weighted by molar-refractivity contribution is -0.126. The topological polar surface area (TPSA) is 137 Å². The number of rotatable bonds is 11. The maximum absolute atomic E-state index is 13.4. The first-order chi connectivity index (χ1) is 15.9. The molecule has 0 spiro atoms. The number of hydrogen-bond donors (Lipinski definition) is 5. The van der Waals surface area contributed by atoms with E-state index in [2.05, 4.69) is 20.8 Å². The second-order valence-electron chi connectivity index (χ2n) is 11.0. The van der Waals surface area contributed by atoms with E-state index in [9.17, 15) is 19.8 Å². The van der Waals surface area contributed by atoms with Crippen LogP contribution >= 0.6 is 0 Å². The van der Waals surface area contributed by atoms with Crippen molar-refractivity contribution in [2.24, 2.45) is 11.8 Å². The minimum atomic E-state index is -1.09. The van der Waals surface area contributed by atoms with Crippen LogP contribution in [0.1, 0.15) is 85.3 Å². The molecule has 9 nitrogen and oxygen atoms in total. The summed E-state index contributed by atoms with van der Waals surface area (Å²) < 4.78 is 5.35. The minimum Gasteiger partial charge on any atom is -0.444 e. The lowest BCUT2D eigenvalue weighted by Gasteiger charge is -2.33. The highest BCUT2D eigenvalue weighted by molar-refractivity contribution is 5.86. The maximum atomic E-state index is 13.4. The fourth-order valence-electron chi connectivity index (χ4n) is 4.52. The number of amides is 2. The van der Waals surface area contributed by atoms with E-state index in [0.29, 0.717) is 24.5 Å². The number of nitrogens with zero attached hydrogens (tertiary/aromatic N) is 1. The Labute approximate surface area is 203 Å². The Balaban J connectivity index is 2.16. The smallest absolute Gasteiger partial charge is 0.408 e. The molecule has 1 aromatic rings. The Morgan fingerprint density at radius 3 is 2.41 bits per heavy atom. The van der Waals surface area contributed by atoms with Crippen molar-refractivity contribution >= 4 is 12.0 Å². The number of H-pyrrole nitrogens is 1. The fourth-order valence-corrected chi connectivity index (χ4v) is 4.52. The first kappa shape index (κ1) is 28.1. The normalized spacial score (nSPS) is 18.7. The van der Waals surface area contributed by atoms with Gasteiger partial charge in [0.25, 0.3) is 0 Å². The van der Waals surface area contributed by atoms with Crippen molar-refractivity contribution in [2.45, 2.75) is 116 Å². The Kier molecular flexibility index (Phi) is 10.8. The Bertz CT molecular complexity index is 741. The van der Waals surface area contributed by atoms with Crippen molar-refractivity contribution in [1.29, 1.82) is 0 Å². The summed E-state index contributed by atoms with van der Waals surface area (Å²) >= 11 is 0. The molecule has 1 aliphatic rings. The van der Waals surface area contributed by atoms with Crippen LogP contribution in [0.3, 0.4) is 0 Å². The highest BCUT2D eigenvalue weighted by Gasteiger charge is 2.33. The van der Waals surface area contributed by atoms with Gasteiger partial charge in [0, 0.05) is 18.3 Å². The van der Waals surface area contributed by atoms with Crippen molar-refractivity contribution < 1.29 is 24.5 Å². The van der Waals surface area contributed by atoms with Crippen LogP contribution < -0.4 is 10.6 Å². The SMILES string of the molecule is CC(C)C[C@H](O)[C@H](O)[C@H](CC1CCCCC1)NC(=O)[C@H](Cc1ccn[nH]1)NC(=O)OC(C)(C)C. The maximum Gasteiger partial charge on any atom is 0.408 e. The van der Waals surface area contributed by atoms with Gasteiger partial charge in [0.2, 0.25) is 5.91 Å². The van der Waals surface area contributed by atoms with Crippen LogP contribution in [0.2, 0.25) is 0 Å². The summed E-state index contributed by atoms with van der Waals surface area (Å²) in [6.45, 7) is 9.22. The molecule has 34 heavy (non-hydrogen) atoms. The molecule has 1 aromatic heterocycles. The van der Waals surface area contributed by atoms with Gasteiger partial charge in [-0.15, -0.1) is 0 Å². The number of aliphatic hydroxyl groups is 2. The molecular formula is C25H44N4O5. The summed E-state index contributed by atoms with van der Waals surface area (Å²) in [6, 6.07) is 0.185. The van der Waals surface area contributed by atoms with E-state index in [4.69, 9.17) is 4.74 Å². The highest BCUT2D eigenvalue weighted by atomic mass is 16.6. The van der Waals surface area contributed by atoms with E-state index < -0.39 is 41.9 Å². The van der Waals surface area contributed by atoms with Crippen LogP contribution in [0.5, 0.6) is 0 Å². The van der Waals surface area contributed by atoms with Gasteiger partial charge in [0.1, 0.15) is 17.7 Å². The van der Waals surface area contributed by atoms with E-state index >= 15 is 0 Å². The molecule has 0 radical (unpaired) electrons. The molecule has 2 amide bonds. The van der Waals surface area contributed by atoms with Gasteiger partial charge in [0.05, 0.1) is 12.1 Å². The summed E-state index contributed by atoms with van der Waals surface area (Å²) in [7, 11) is 0. The Hall–Kier alpha value is -2.13. The Morgan fingerprint density at radius 2 is 1.85 bits per heavy atom. The molecule has 0 aliphatic heterocycles. The zero-order valence-electron chi connectivity index (χ0n) is 21.3. The number of ether oxygens (including phenoxy) is 1. The second kappa shape index (κ2) is 13.1. The summed E-state index contributed by atoms with van der Waals surface area (Å²) in [5.74, 6) is 0.152. The summed E-state index contributed by atoms with van der Waals surface area (Å²) in [5.41, 5.74) is -0.0276. The van der Waals surface area contributed by atoms with E-state index in [1.165, 1.54) is 6.42 Å². The quantitative estimate of drug-likeness (QED) is 0.330. The molecule has 1 fully saturated rings. The zero-order valence-corrected chi connectivity index (χ0v) is 21.3. The first-order valence-corrected chi connectivity index (χ1v) is 12.6. The standard InChI is InChI=1S/C25H44N4O5/c1-16(2)13-21(30)22(31)19(14-17-9-7-6-8-10-17)27-23(32)20(15-18-11-12-26-29-18)28-24(33)34-25(3,4)5/h11-12,16-17,19-22,30-31H,6-10,13-15H2,1-5H3,(H,26,29)(H,27,32)(H,28,33)/t19-,20-,21-,22+/m0/s1. The minimum absolute atomic E-state index is 0.186. The first-order valence-electron chi connectivity index (χ1n) is 12.6. The fraction of sp³-hybridized carbons (Fsp3) is 0.800. The number of carbonyl (C=O) groups is 2. The molecule has 5 N–H and O–H groups in total. The zero-order chi connectivity index (χ0) is 25.3.